The third-order valence-corrected chi connectivity index (χ3v) is 1.10. The van der Waals surface area contributed by atoms with Crippen LogP contribution < -0.4 is 5.43 Å². The molecule has 0 bridgehead atoms. The van der Waals surface area contributed by atoms with Crippen LogP contribution in [-0.2, 0) is 4.79 Å². The first-order chi connectivity index (χ1) is 5.70. The van der Waals surface area contributed by atoms with Gasteiger partial charge in [-0.2, -0.15) is 4.39 Å². The van der Waals surface area contributed by atoms with Gasteiger partial charge in [-0.05, 0) is 12.5 Å². The Morgan fingerprint density at radius 1 is 1.58 bits per heavy atom. The predicted molar refractivity (Wildman–Crippen MR) is 46.4 cm³/mol. The second-order valence-electron chi connectivity index (χ2n) is 2.13. The van der Waals surface area contributed by atoms with Gasteiger partial charge in [0.05, 0.1) is 0 Å². The molecule has 0 aliphatic rings. The molecule has 0 atom stereocenters. The predicted octanol–water partition coefficient (Wildman–Crippen LogP) is 1.76. The first kappa shape index (κ1) is 10.8. The molecule has 0 aromatic heterocycles. The van der Waals surface area contributed by atoms with E-state index in [0.29, 0.717) is 6.42 Å². The quantitative estimate of drug-likeness (QED) is 0.509. The summed E-state index contributed by atoms with van der Waals surface area (Å²) in [6, 6.07) is 0. The minimum absolute atomic E-state index is 0.296. The van der Waals surface area contributed by atoms with E-state index in [2.05, 4.69) is 10.5 Å². The summed E-state index contributed by atoms with van der Waals surface area (Å²) in [6.45, 7) is 3.55. The average molecular weight is 172 g/mol. The van der Waals surface area contributed by atoms with E-state index in [0.717, 1.165) is 6.42 Å². The molecule has 0 unspecified atom stereocenters. The highest BCUT2D eigenvalue weighted by Crippen LogP contribution is 1.86. The van der Waals surface area contributed by atoms with Crippen molar-refractivity contribution in [3.63, 3.8) is 0 Å². The van der Waals surface area contributed by atoms with Gasteiger partial charge < -0.3 is 0 Å². The maximum absolute atomic E-state index is 12.5. The molecular weight excluding hydrogens is 159 g/mol. The van der Waals surface area contributed by atoms with Crippen LogP contribution in [0.25, 0.3) is 0 Å². The van der Waals surface area contributed by atoms with Crippen molar-refractivity contribution in [3.8, 4) is 0 Å². The van der Waals surface area contributed by atoms with Crippen LogP contribution in [0.3, 0.4) is 0 Å². The van der Waals surface area contributed by atoms with Gasteiger partial charge in [-0.25, -0.2) is 5.43 Å². The number of hydrazone groups is 1. The van der Waals surface area contributed by atoms with Crippen molar-refractivity contribution in [3.05, 3.63) is 12.2 Å². The molecule has 4 heteroatoms. The van der Waals surface area contributed by atoms with E-state index in [4.69, 9.17) is 0 Å². The first-order valence-electron chi connectivity index (χ1n) is 3.89. The summed E-state index contributed by atoms with van der Waals surface area (Å²) in [5, 5.41) is 3.20. The van der Waals surface area contributed by atoms with Gasteiger partial charge in [-0.1, -0.05) is 19.9 Å². The number of nitrogens with one attached hydrogen (secondary N) is 1. The molecule has 3 nitrogen and oxygen atoms in total. The van der Waals surface area contributed by atoms with Crippen molar-refractivity contribution in [1.29, 1.82) is 0 Å². The van der Waals surface area contributed by atoms with Gasteiger partial charge in [0.2, 0.25) is 11.9 Å². The highest BCUT2D eigenvalue weighted by atomic mass is 19.1. The van der Waals surface area contributed by atoms with Crippen LogP contribution in [-0.4, -0.2) is 11.9 Å². The summed E-state index contributed by atoms with van der Waals surface area (Å²) >= 11 is 0. The standard InChI is InChI=1S/C8H13FN2O/c1-3-5-6-7(9)10-11-8(12)4-2/h5-6H,3-4H2,1-2H3,(H,11,12)/b6-5-,10-7+. The fourth-order valence-electron chi connectivity index (χ4n) is 0.447. The topological polar surface area (TPSA) is 41.5 Å². The molecule has 68 valence electrons. The Morgan fingerprint density at radius 2 is 2.25 bits per heavy atom. The summed E-state index contributed by atoms with van der Waals surface area (Å²) in [6.07, 6.45) is 3.88. The van der Waals surface area contributed by atoms with E-state index in [-0.39, 0.29) is 5.91 Å². The van der Waals surface area contributed by atoms with Crippen LogP contribution in [0.5, 0.6) is 0 Å². The number of rotatable bonds is 4. The number of carbonyl (C=O) groups excluding carboxylic acids is 1. The zero-order valence-corrected chi connectivity index (χ0v) is 7.30. The van der Waals surface area contributed by atoms with Gasteiger partial charge in [0.1, 0.15) is 0 Å². The van der Waals surface area contributed by atoms with Crippen LogP contribution in [0.2, 0.25) is 0 Å². The zero-order valence-electron chi connectivity index (χ0n) is 7.30. The number of hydrogen-bond donors (Lipinski definition) is 1. The monoisotopic (exact) mass is 172 g/mol. The van der Waals surface area contributed by atoms with E-state index < -0.39 is 5.97 Å². The summed E-state index contributed by atoms with van der Waals surface area (Å²) in [5.74, 6) is -0.978. The number of halogens is 1. The largest absolute Gasteiger partial charge is 0.273 e. The van der Waals surface area contributed by atoms with Crippen LogP contribution in [0, 0.1) is 0 Å². The van der Waals surface area contributed by atoms with Crippen molar-refractivity contribution in [2.75, 3.05) is 0 Å². The number of allylic oxidation sites excluding steroid dienone is 2. The Kier molecular flexibility index (Phi) is 5.87. The van der Waals surface area contributed by atoms with E-state index >= 15 is 0 Å². The molecule has 1 amide bonds. The summed E-state index contributed by atoms with van der Waals surface area (Å²) in [7, 11) is 0. The number of carbonyl (C=O) groups is 1. The summed E-state index contributed by atoms with van der Waals surface area (Å²) in [4.78, 5) is 10.6. The van der Waals surface area contributed by atoms with Gasteiger partial charge in [-0.15, -0.1) is 5.10 Å². The molecule has 0 rings (SSSR count). The molecule has 0 saturated carbocycles. The smallest absolute Gasteiger partial charge is 0.239 e. The number of nitrogens with zero attached hydrogens (tertiary/aromatic N) is 1. The Balaban J connectivity index is 3.84. The molecule has 0 heterocycles. The highest BCUT2D eigenvalue weighted by Gasteiger charge is 1.93. The second-order valence-corrected chi connectivity index (χ2v) is 2.13. The Labute approximate surface area is 71.3 Å². The molecule has 1 N–H and O–H groups in total. The molecule has 0 saturated heterocycles. The normalized spacial score (nSPS) is 12.1. The minimum atomic E-state index is -0.682. The van der Waals surface area contributed by atoms with E-state index in [1.807, 2.05) is 6.92 Å². The maximum Gasteiger partial charge on any atom is 0.239 e. The Bertz CT molecular complexity index is 199. The van der Waals surface area contributed by atoms with Crippen molar-refractivity contribution in [2.45, 2.75) is 26.7 Å². The van der Waals surface area contributed by atoms with Crippen molar-refractivity contribution in [1.82, 2.24) is 5.43 Å². The van der Waals surface area contributed by atoms with E-state index in [9.17, 15) is 9.18 Å². The van der Waals surface area contributed by atoms with Gasteiger partial charge in [0, 0.05) is 6.42 Å². The van der Waals surface area contributed by atoms with E-state index in [1.54, 1.807) is 13.0 Å². The third kappa shape index (κ3) is 5.58. The third-order valence-electron chi connectivity index (χ3n) is 1.10. The fourth-order valence-corrected chi connectivity index (χ4v) is 0.447. The molecule has 0 aromatic carbocycles. The molecule has 0 aromatic rings. The SMILES string of the molecule is CC/C=C\C(F)=N/NC(=O)CC. The van der Waals surface area contributed by atoms with Crippen LogP contribution >= 0.6 is 0 Å². The fraction of sp³-hybridized carbons (Fsp3) is 0.500. The molecule has 0 radical (unpaired) electrons. The van der Waals surface area contributed by atoms with Gasteiger partial charge in [-0.3, -0.25) is 4.79 Å². The van der Waals surface area contributed by atoms with E-state index in [1.165, 1.54) is 6.08 Å². The lowest BCUT2D eigenvalue weighted by molar-refractivity contribution is -0.120. The maximum atomic E-state index is 12.5. The van der Waals surface area contributed by atoms with Gasteiger partial charge >= 0.3 is 0 Å². The zero-order chi connectivity index (χ0) is 9.40. The Morgan fingerprint density at radius 3 is 2.75 bits per heavy atom. The molecule has 0 aliphatic heterocycles. The molecule has 0 aliphatic carbocycles. The lowest BCUT2D eigenvalue weighted by atomic mass is 10.4. The van der Waals surface area contributed by atoms with Crippen molar-refractivity contribution in [2.24, 2.45) is 5.10 Å². The van der Waals surface area contributed by atoms with Crippen LogP contribution in [0.1, 0.15) is 26.7 Å². The highest BCUT2D eigenvalue weighted by molar-refractivity contribution is 5.87. The molecule has 0 spiro atoms. The number of amides is 1. The van der Waals surface area contributed by atoms with Gasteiger partial charge in [0.25, 0.3) is 0 Å². The molecular formula is C8H13FN2O. The van der Waals surface area contributed by atoms with Crippen molar-refractivity contribution < 1.29 is 9.18 Å². The van der Waals surface area contributed by atoms with Gasteiger partial charge in [0.15, 0.2) is 0 Å². The summed E-state index contributed by atoms with van der Waals surface area (Å²) in [5.41, 5.74) is 2.06. The van der Waals surface area contributed by atoms with Crippen LogP contribution in [0.4, 0.5) is 4.39 Å². The first-order valence-corrected chi connectivity index (χ1v) is 3.89. The lowest BCUT2D eigenvalue weighted by Gasteiger charge is -1.92. The molecule has 0 fully saturated rings. The van der Waals surface area contributed by atoms with Crippen LogP contribution in [0.15, 0.2) is 17.3 Å². The number of hydrogen-bond acceptors (Lipinski definition) is 2. The summed E-state index contributed by atoms with van der Waals surface area (Å²) < 4.78 is 12.5. The minimum Gasteiger partial charge on any atom is -0.273 e. The average Bonchev–Trinajstić information content (AvgIpc) is 2.10. The van der Waals surface area contributed by atoms with Crippen molar-refractivity contribution >= 4 is 11.9 Å². The lowest BCUT2D eigenvalue weighted by Crippen LogP contribution is -2.16. The Hall–Kier alpha value is -1.19. The molecule has 12 heavy (non-hydrogen) atoms. The second kappa shape index (κ2) is 6.52.